The van der Waals surface area contributed by atoms with Gasteiger partial charge in [-0.1, -0.05) is 41.6 Å². The lowest BCUT2D eigenvalue weighted by Crippen LogP contribution is -2.15. The predicted molar refractivity (Wildman–Crippen MR) is 104 cm³/mol. The molecule has 4 rings (SSSR count). The maximum Gasteiger partial charge on any atom is 0.234 e. The van der Waals surface area contributed by atoms with Crippen LogP contribution in [0, 0.1) is 13.8 Å². The van der Waals surface area contributed by atoms with E-state index in [1.165, 1.54) is 11.8 Å². The van der Waals surface area contributed by atoms with Gasteiger partial charge in [-0.25, -0.2) is 4.98 Å². The van der Waals surface area contributed by atoms with Gasteiger partial charge < -0.3 is 10.3 Å². The van der Waals surface area contributed by atoms with E-state index in [2.05, 4.69) is 31.5 Å². The van der Waals surface area contributed by atoms with Crippen molar-refractivity contribution in [2.24, 2.45) is 0 Å². The maximum atomic E-state index is 12.2. The first-order valence-electron chi connectivity index (χ1n) is 8.21. The fourth-order valence-electron chi connectivity index (χ4n) is 2.76. The van der Waals surface area contributed by atoms with Crippen LogP contribution in [0.2, 0.25) is 0 Å². The minimum absolute atomic E-state index is 0.0970. The molecule has 0 aliphatic carbocycles. The number of aromatic amines is 1. The van der Waals surface area contributed by atoms with Gasteiger partial charge in [0.25, 0.3) is 0 Å². The van der Waals surface area contributed by atoms with E-state index in [-0.39, 0.29) is 11.7 Å². The lowest BCUT2D eigenvalue weighted by atomic mass is 10.2. The van der Waals surface area contributed by atoms with Gasteiger partial charge in [-0.2, -0.15) is 0 Å². The summed E-state index contributed by atoms with van der Waals surface area (Å²) in [6, 6.07) is 13.8. The van der Waals surface area contributed by atoms with Crippen LogP contribution in [0.1, 0.15) is 11.1 Å². The Labute approximate surface area is 154 Å². The summed E-state index contributed by atoms with van der Waals surface area (Å²) in [5.41, 5.74) is 5.41. The van der Waals surface area contributed by atoms with Crippen LogP contribution in [0.15, 0.2) is 47.6 Å². The van der Waals surface area contributed by atoms with E-state index in [0.29, 0.717) is 10.8 Å². The highest BCUT2D eigenvalue weighted by molar-refractivity contribution is 7.99. The Morgan fingerprint density at radius 2 is 2.00 bits per heavy atom. The number of para-hydroxylation sites is 1. The molecule has 0 spiro atoms. The Balaban J connectivity index is 1.50. The summed E-state index contributed by atoms with van der Waals surface area (Å²) in [5, 5.41) is 12.8. The maximum absolute atomic E-state index is 12.2. The zero-order valence-corrected chi connectivity index (χ0v) is 15.2. The average molecular weight is 363 g/mol. The molecule has 0 aliphatic rings. The molecule has 0 unspecified atom stereocenters. The van der Waals surface area contributed by atoms with E-state index < -0.39 is 0 Å². The lowest BCUT2D eigenvalue weighted by Gasteiger charge is -2.07. The summed E-state index contributed by atoms with van der Waals surface area (Å²) in [7, 11) is 0. The minimum Gasteiger partial charge on any atom is -0.338 e. The zero-order valence-electron chi connectivity index (χ0n) is 14.4. The van der Waals surface area contributed by atoms with Crippen LogP contribution in [-0.2, 0) is 4.79 Å². The first kappa shape index (κ1) is 16.5. The molecular weight excluding hydrogens is 346 g/mol. The fraction of sp³-hybridized carbons (Fsp3) is 0.158. The molecular formula is C19H17N5OS. The second-order valence-electron chi connectivity index (χ2n) is 6.12. The van der Waals surface area contributed by atoms with Gasteiger partial charge in [-0.3, -0.25) is 4.79 Å². The van der Waals surface area contributed by atoms with Gasteiger partial charge in [0, 0.05) is 16.6 Å². The lowest BCUT2D eigenvalue weighted by molar-refractivity contribution is -0.113. The highest BCUT2D eigenvalue weighted by Gasteiger charge is 2.11. The quantitative estimate of drug-likeness (QED) is 0.538. The molecule has 0 saturated carbocycles. The van der Waals surface area contributed by atoms with Gasteiger partial charge >= 0.3 is 0 Å². The smallest absolute Gasteiger partial charge is 0.234 e. The molecule has 0 radical (unpaired) electrons. The van der Waals surface area contributed by atoms with Crippen LogP contribution in [0.3, 0.4) is 0 Å². The molecule has 0 atom stereocenters. The second kappa shape index (κ2) is 6.76. The van der Waals surface area contributed by atoms with E-state index in [0.717, 1.165) is 33.2 Å². The third-order valence-electron chi connectivity index (χ3n) is 4.10. The van der Waals surface area contributed by atoms with Gasteiger partial charge in [0.15, 0.2) is 5.65 Å². The third kappa shape index (κ3) is 3.25. The number of H-pyrrole nitrogens is 1. The van der Waals surface area contributed by atoms with Crippen molar-refractivity contribution < 1.29 is 4.79 Å². The van der Waals surface area contributed by atoms with Crippen LogP contribution in [0.4, 0.5) is 5.69 Å². The van der Waals surface area contributed by atoms with Crippen LogP contribution < -0.4 is 5.32 Å². The number of nitrogens with one attached hydrogen (secondary N) is 2. The van der Waals surface area contributed by atoms with Crippen molar-refractivity contribution in [2.75, 3.05) is 11.1 Å². The number of fused-ring (bicyclic) bond motifs is 3. The van der Waals surface area contributed by atoms with Crippen molar-refractivity contribution in [3.05, 3.63) is 53.6 Å². The van der Waals surface area contributed by atoms with Gasteiger partial charge in [0.05, 0.1) is 5.75 Å². The van der Waals surface area contributed by atoms with E-state index in [1.807, 2.05) is 50.2 Å². The number of aromatic nitrogens is 4. The number of amides is 1. The van der Waals surface area contributed by atoms with E-state index in [1.54, 1.807) is 0 Å². The molecule has 26 heavy (non-hydrogen) atoms. The Bertz CT molecular complexity index is 1120. The number of hydrogen-bond donors (Lipinski definition) is 2. The highest BCUT2D eigenvalue weighted by Crippen LogP contribution is 2.24. The molecule has 2 N–H and O–H groups in total. The number of thioether (sulfide) groups is 1. The van der Waals surface area contributed by atoms with Crippen LogP contribution in [0.25, 0.3) is 22.1 Å². The summed E-state index contributed by atoms with van der Waals surface area (Å²) in [5.74, 6) is 0.126. The molecule has 2 heterocycles. The van der Waals surface area contributed by atoms with Crippen molar-refractivity contribution in [1.82, 2.24) is 20.2 Å². The molecule has 130 valence electrons. The number of anilines is 1. The molecule has 4 aromatic rings. The molecule has 0 fully saturated rings. The van der Waals surface area contributed by atoms with Crippen LogP contribution in [-0.4, -0.2) is 31.8 Å². The number of aryl methyl sites for hydroxylation is 2. The minimum atomic E-state index is -0.0970. The standard InChI is InChI=1S/C19H17N5OS/c1-11-7-8-15-13(9-11)17-18(21-15)22-19(24-23-17)26-10-16(25)20-14-6-4-3-5-12(14)2/h3-9H,10H2,1-2H3,(H,20,25)(H,21,22,24). The summed E-state index contributed by atoms with van der Waals surface area (Å²) in [6.07, 6.45) is 0. The SMILES string of the molecule is Cc1ccc2[nH]c3nc(SCC(=O)Nc4ccccc4C)nnc3c2c1. The summed E-state index contributed by atoms with van der Waals surface area (Å²) < 4.78 is 0. The van der Waals surface area contributed by atoms with Crippen molar-refractivity contribution in [3.8, 4) is 0 Å². The zero-order chi connectivity index (χ0) is 18.1. The number of rotatable bonds is 4. The molecule has 0 bridgehead atoms. The summed E-state index contributed by atoms with van der Waals surface area (Å²) in [6.45, 7) is 4.00. The molecule has 2 aromatic carbocycles. The molecule has 2 aromatic heterocycles. The Morgan fingerprint density at radius 1 is 1.15 bits per heavy atom. The molecule has 7 heteroatoms. The molecule has 1 amide bonds. The molecule has 6 nitrogen and oxygen atoms in total. The van der Waals surface area contributed by atoms with Crippen molar-refractivity contribution in [1.29, 1.82) is 0 Å². The van der Waals surface area contributed by atoms with Crippen molar-refractivity contribution in [2.45, 2.75) is 19.0 Å². The number of nitrogens with zero attached hydrogens (tertiary/aromatic N) is 3. The first-order chi connectivity index (χ1) is 12.6. The Morgan fingerprint density at radius 3 is 2.85 bits per heavy atom. The van der Waals surface area contributed by atoms with Gasteiger partial charge in [-0.15, -0.1) is 10.2 Å². The predicted octanol–water partition coefficient (Wildman–Crippen LogP) is 3.85. The topological polar surface area (TPSA) is 83.6 Å². The highest BCUT2D eigenvalue weighted by atomic mass is 32.2. The Kier molecular flexibility index (Phi) is 4.30. The number of carbonyl (C=O) groups excluding carboxylic acids is 1. The summed E-state index contributed by atoms with van der Waals surface area (Å²) in [4.78, 5) is 19.9. The second-order valence-corrected chi connectivity index (χ2v) is 7.06. The molecule has 0 saturated heterocycles. The van der Waals surface area contributed by atoms with Crippen molar-refractivity contribution >= 4 is 45.4 Å². The number of benzene rings is 2. The summed E-state index contributed by atoms with van der Waals surface area (Å²) >= 11 is 1.26. The van der Waals surface area contributed by atoms with Gasteiger partial charge in [0.1, 0.15) is 5.52 Å². The molecule has 0 aliphatic heterocycles. The van der Waals surface area contributed by atoms with E-state index in [9.17, 15) is 4.79 Å². The van der Waals surface area contributed by atoms with Crippen molar-refractivity contribution in [3.63, 3.8) is 0 Å². The normalized spacial score (nSPS) is 11.2. The van der Waals surface area contributed by atoms with Gasteiger partial charge in [0.2, 0.25) is 11.1 Å². The van der Waals surface area contributed by atoms with Gasteiger partial charge in [-0.05, 0) is 37.6 Å². The number of hydrogen-bond acceptors (Lipinski definition) is 5. The number of carbonyl (C=O) groups is 1. The van der Waals surface area contributed by atoms with E-state index >= 15 is 0 Å². The van der Waals surface area contributed by atoms with Crippen LogP contribution >= 0.6 is 11.8 Å². The third-order valence-corrected chi connectivity index (χ3v) is 4.94. The average Bonchev–Trinajstić information content (AvgIpc) is 2.99. The first-order valence-corrected chi connectivity index (χ1v) is 9.20. The van der Waals surface area contributed by atoms with Crippen LogP contribution in [0.5, 0.6) is 0 Å². The fourth-order valence-corrected chi connectivity index (χ4v) is 3.35. The monoisotopic (exact) mass is 363 g/mol. The Hall–Kier alpha value is -2.93. The largest absolute Gasteiger partial charge is 0.338 e. The van der Waals surface area contributed by atoms with E-state index in [4.69, 9.17) is 0 Å².